The fraction of sp³-hybridized carbons (Fsp3) is 0.318. The van der Waals surface area contributed by atoms with E-state index in [-0.39, 0.29) is 23.5 Å². The van der Waals surface area contributed by atoms with Gasteiger partial charge in [-0.2, -0.15) is 0 Å². The molecule has 2 aromatic carbocycles. The van der Waals surface area contributed by atoms with Crippen LogP contribution >= 0.6 is 0 Å². The molecule has 2 unspecified atom stereocenters. The maximum atomic E-state index is 14.0. The van der Waals surface area contributed by atoms with Gasteiger partial charge in [-0.15, -0.1) is 0 Å². The third-order valence-corrected chi connectivity index (χ3v) is 5.57. The maximum Gasteiger partial charge on any atom is 0.249 e. The van der Waals surface area contributed by atoms with Gasteiger partial charge < -0.3 is 20.8 Å². The van der Waals surface area contributed by atoms with Crippen LogP contribution in [-0.2, 0) is 6.42 Å². The lowest BCUT2D eigenvalue weighted by atomic mass is 9.95. The van der Waals surface area contributed by atoms with Crippen molar-refractivity contribution in [3.8, 4) is 5.75 Å². The van der Waals surface area contributed by atoms with Crippen LogP contribution in [0.25, 0.3) is 10.9 Å². The lowest BCUT2D eigenvalue weighted by Gasteiger charge is -2.28. The van der Waals surface area contributed by atoms with Gasteiger partial charge in [0.05, 0.1) is 0 Å². The van der Waals surface area contributed by atoms with Crippen LogP contribution in [0.5, 0.6) is 5.75 Å². The number of hydrogen-bond donors (Lipinski definition) is 3. The molecule has 2 heterocycles. The van der Waals surface area contributed by atoms with Crippen LogP contribution in [0.3, 0.4) is 0 Å². The molecule has 0 radical (unpaired) electrons. The number of nitrogens with two attached hydrogens (primary N) is 1. The molecule has 7 heteroatoms. The summed E-state index contributed by atoms with van der Waals surface area (Å²) in [6.07, 6.45) is 3.23. The number of halogens is 2. The second kappa shape index (κ2) is 7.83. The number of carbonyl (C=O) groups excluding carboxylic acids is 1. The third-order valence-electron chi connectivity index (χ3n) is 5.57. The van der Waals surface area contributed by atoms with Crippen molar-refractivity contribution in [2.75, 3.05) is 13.2 Å². The average Bonchev–Trinajstić information content (AvgIpc) is 3.11. The molecular weight excluding hydrogens is 376 g/mol. The summed E-state index contributed by atoms with van der Waals surface area (Å²) in [5, 5.41) is 4.31. The summed E-state index contributed by atoms with van der Waals surface area (Å²) in [6.45, 7) is 3.12. The Hall–Kier alpha value is -2.93. The number of rotatable bonds is 6. The number of primary amides is 1. The Kier molecular flexibility index (Phi) is 5.24. The van der Waals surface area contributed by atoms with Crippen LogP contribution in [0.2, 0.25) is 0 Å². The lowest BCUT2D eigenvalue weighted by molar-refractivity contribution is 0.0997. The molecule has 1 aliphatic heterocycles. The summed E-state index contributed by atoms with van der Waals surface area (Å²) >= 11 is 0. The van der Waals surface area contributed by atoms with Crippen molar-refractivity contribution in [3.63, 3.8) is 0 Å². The number of aromatic amines is 1. The van der Waals surface area contributed by atoms with E-state index in [1.54, 1.807) is 12.1 Å². The van der Waals surface area contributed by atoms with Gasteiger partial charge in [0.25, 0.3) is 0 Å². The summed E-state index contributed by atoms with van der Waals surface area (Å²) in [4.78, 5) is 14.8. The number of amides is 1. The quantitative estimate of drug-likeness (QED) is 0.592. The number of nitrogens with one attached hydrogen (secondary N) is 2. The summed E-state index contributed by atoms with van der Waals surface area (Å²) in [5.74, 6) is -0.990. The number of aromatic nitrogens is 1. The van der Waals surface area contributed by atoms with Crippen molar-refractivity contribution < 1.29 is 18.3 Å². The molecule has 1 amide bonds. The summed E-state index contributed by atoms with van der Waals surface area (Å²) < 4.78 is 33.1. The Morgan fingerprint density at radius 2 is 2.17 bits per heavy atom. The Labute approximate surface area is 167 Å². The van der Waals surface area contributed by atoms with Crippen LogP contribution < -0.4 is 15.8 Å². The minimum Gasteiger partial charge on any atom is -0.489 e. The molecular formula is C22H23F2N3O2. The molecule has 4 N–H and O–H groups in total. The minimum atomic E-state index is -0.592. The highest BCUT2D eigenvalue weighted by Gasteiger charge is 2.26. The Balaban J connectivity index is 1.40. The highest BCUT2D eigenvalue weighted by molar-refractivity contribution is 5.95. The molecule has 0 saturated heterocycles. The Morgan fingerprint density at radius 1 is 1.34 bits per heavy atom. The van der Waals surface area contributed by atoms with Gasteiger partial charge in [-0.3, -0.25) is 4.79 Å². The number of ether oxygens (including phenoxy) is 1. The number of fused-ring (bicyclic) bond motifs is 2. The average molecular weight is 399 g/mol. The first-order valence-corrected chi connectivity index (χ1v) is 9.68. The number of hydrogen-bond acceptors (Lipinski definition) is 3. The van der Waals surface area contributed by atoms with Gasteiger partial charge >= 0.3 is 0 Å². The SMILES string of the molecule is CC(CCNC1COc2c(F)ccc(C(N)=O)c2C1)c1c[nH]c2ccc(F)cc12. The predicted molar refractivity (Wildman–Crippen MR) is 107 cm³/mol. The van der Waals surface area contributed by atoms with Crippen molar-refractivity contribution >= 4 is 16.8 Å². The molecule has 0 bridgehead atoms. The van der Waals surface area contributed by atoms with Gasteiger partial charge in [-0.1, -0.05) is 6.92 Å². The molecule has 0 fully saturated rings. The maximum absolute atomic E-state index is 14.0. The first-order valence-electron chi connectivity index (χ1n) is 9.68. The van der Waals surface area contributed by atoms with Crippen LogP contribution in [0.15, 0.2) is 36.5 Å². The molecule has 1 aliphatic rings. The lowest BCUT2D eigenvalue weighted by Crippen LogP contribution is -2.41. The van der Waals surface area contributed by atoms with E-state index in [0.29, 0.717) is 30.7 Å². The van der Waals surface area contributed by atoms with E-state index < -0.39 is 11.7 Å². The first kappa shape index (κ1) is 19.4. The van der Waals surface area contributed by atoms with Gasteiger partial charge in [0.15, 0.2) is 11.6 Å². The van der Waals surface area contributed by atoms with Gasteiger partial charge in [0.2, 0.25) is 5.91 Å². The molecule has 29 heavy (non-hydrogen) atoms. The highest BCUT2D eigenvalue weighted by Crippen LogP contribution is 2.31. The van der Waals surface area contributed by atoms with Crippen molar-refractivity contribution in [2.45, 2.75) is 31.7 Å². The zero-order chi connectivity index (χ0) is 20.5. The van der Waals surface area contributed by atoms with E-state index in [9.17, 15) is 13.6 Å². The molecule has 3 aromatic rings. The number of carbonyl (C=O) groups is 1. The number of benzene rings is 2. The normalized spacial score (nSPS) is 17.0. The topological polar surface area (TPSA) is 80.1 Å². The molecule has 152 valence electrons. The Bertz CT molecular complexity index is 1060. The van der Waals surface area contributed by atoms with Crippen LogP contribution in [0, 0.1) is 11.6 Å². The molecule has 5 nitrogen and oxygen atoms in total. The van der Waals surface area contributed by atoms with Gasteiger partial charge in [-0.05, 0) is 61.2 Å². The number of H-pyrrole nitrogens is 1. The van der Waals surface area contributed by atoms with E-state index in [1.165, 1.54) is 18.2 Å². The second-order valence-corrected chi connectivity index (χ2v) is 7.56. The summed E-state index contributed by atoms with van der Waals surface area (Å²) in [7, 11) is 0. The summed E-state index contributed by atoms with van der Waals surface area (Å²) in [5.41, 5.74) is 8.22. The predicted octanol–water partition coefficient (Wildman–Crippen LogP) is 3.63. The Morgan fingerprint density at radius 3 is 2.97 bits per heavy atom. The minimum absolute atomic E-state index is 0.0463. The molecule has 2 atom stereocenters. The highest BCUT2D eigenvalue weighted by atomic mass is 19.1. The fourth-order valence-electron chi connectivity index (χ4n) is 3.99. The van der Waals surface area contributed by atoms with Crippen molar-refractivity contribution in [3.05, 3.63) is 64.9 Å². The van der Waals surface area contributed by atoms with Crippen LogP contribution in [0.4, 0.5) is 8.78 Å². The second-order valence-electron chi connectivity index (χ2n) is 7.56. The van der Waals surface area contributed by atoms with E-state index >= 15 is 0 Å². The monoisotopic (exact) mass is 399 g/mol. The molecule has 4 rings (SSSR count). The standard InChI is InChI=1S/C22H23F2N3O2/c1-12(18-10-27-20-5-2-13(23)8-16(18)20)6-7-26-14-9-17-15(22(25)28)3-4-19(24)21(17)29-11-14/h2-5,8,10,12,14,26-27H,6-7,9,11H2,1H3,(H2,25,28). The largest absolute Gasteiger partial charge is 0.489 e. The zero-order valence-corrected chi connectivity index (χ0v) is 16.1. The van der Waals surface area contributed by atoms with E-state index in [2.05, 4.69) is 17.2 Å². The van der Waals surface area contributed by atoms with Crippen molar-refractivity contribution in [1.29, 1.82) is 0 Å². The molecule has 1 aromatic heterocycles. The molecule has 0 saturated carbocycles. The van der Waals surface area contributed by atoms with E-state index in [0.717, 1.165) is 22.9 Å². The van der Waals surface area contributed by atoms with Gasteiger partial charge in [0, 0.05) is 34.3 Å². The van der Waals surface area contributed by atoms with Gasteiger partial charge in [-0.25, -0.2) is 8.78 Å². The smallest absolute Gasteiger partial charge is 0.249 e. The molecule has 0 spiro atoms. The van der Waals surface area contributed by atoms with E-state index in [1.807, 2.05) is 6.20 Å². The van der Waals surface area contributed by atoms with Crippen molar-refractivity contribution in [1.82, 2.24) is 10.3 Å². The third kappa shape index (κ3) is 3.82. The van der Waals surface area contributed by atoms with Crippen molar-refractivity contribution in [2.24, 2.45) is 5.73 Å². The van der Waals surface area contributed by atoms with Gasteiger partial charge in [0.1, 0.15) is 12.4 Å². The molecule has 0 aliphatic carbocycles. The first-order chi connectivity index (χ1) is 13.9. The summed E-state index contributed by atoms with van der Waals surface area (Å²) in [6, 6.07) is 7.30. The van der Waals surface area contributed by atoms with Crippen LogP contribution in [-0.4, -0.2) is 30.1 Å². The zero-order valence-electron chi connectivity index (χ0n) is 16.1. The fourth-order valence-corrected chi connectivity index (χ4v) is 3.99. The van der Waals surface area contributed by atoms with E-state index in [4.69, 9.17) is 10.5 Å². The van der Waals surface area contributed by atoms with Crippen LogP contribution in [0.1, 0.15) is 40.7 Å².